The topological polar surface area (TPSA) is 92.2 Å². The fourth-order valence-electron chi connectivity index (χ4n) is 2.48. The molecule has 2 rings (SSSR count). The number of carboxylic acid groups (broad SMARTS) is 1. The molecule has 2 N–H and O–H groups in total. The molecule has 1 heterocycles. The first-order valence-corrected chi connectivity index (χ1v) is 6.83. The molecule has 6 nitrogen and oxygen atoms in total. The van der Waals surface area contributed by atoms with E-state index in [1.54, 1.807) is 6.92 Å². The average molecular weight is 298 g/mol. The molecule has 0 aliphatic heterocycles. The summed E-state index contributed by atoms with van der Waals surface area (Å²) in [5.41, 5.74) is -0.805. The van der Waals surface area contributed by atoms with E-state index in [2.05, 4.69) is 15.3 Å². The predicted molar refractivity (Wildman–Crippen MR) is 72.5 cm³/mol. The molecule has 108 valence electrons. The SMILES string of the molecule is CC1(C(=O)O)CCCCC1NC(=O)c1cnc(Cl)cn1. The normalized spacial score (nSPS) is 26.0. The molecule has 0 spiro atoms. The smallest absolute Gasteiger partial charge is 0.311 e. The van der Waals surface area contributed by atoms with Gasteiger partial charge in [0.2, 0.25) is 0 Å². The summed E-state index contributed by atoms with van der Waals surface area (Å²) >= 11 is 5.61. The molecule has 7 heteroatoms. The number of hydrogen-bond acceptors (Lipinski definition) is 4. The molecule has 1 fully saturated rings. The van der Waals surface area contributed by atoms with Crippen LogP contribution >= 0.6 is 11.6 Å². The Hall–Kier alpha value is -1.69. The van der Waals surface area contributed by atoms with E-state index in [0.29, 0.717) is 12.8 Å². The molecule has 20 heavy (non-hydrogen) atoms. The van der Waals surface area contributed by atoms with Crippen LogP contribution in [0.1, 0.15) is 43.1 Å². The Morgan fingerprint density at radius 2 is 2.15 bits per heavy atom. The third-order valence-corrected chi connectivity index (χ3v) is 4.05. The van der Waals surface area contributed by atoms with Crippen LogP contribution in [-0.4, -0.2) is 33.0 Å². The first-order valence-electron chi connectivity index (χ1n) is 6.45. The Bertz CT molecular complexity index is 520. The van der Waals surface area contributed by atoms with E-state index in [1.165, 1.54) is 12.4 Å². The zero-order chi connectivity index (χ0) is 14.8. The van der Waals surface area contributed by atoms with Gasteiger partial charge in [0.25, 0.3) is 5.91 Å². The van der Waals surface area contributed by atoms with Gasteiger partial charge in [-0.15, -0.1) is 0 Å². The summed E-state index contributed by atoms with van der Waals surface area (Å²) in [5.74, 6) is -1.31. The van der Waals surface area contributed by atoms with Gasteiger partial charge < -0.3 is 10.4 Å². The number of rotatable bonds is 3. The summed E-state index contributed by atoms with van der Waals surface area (Å²) in [5, 5.41) is 12.4. The maximum Gasteiger partial charge on any atom is 0.311 e. The van der Waals surface area contributed by atoms with Gasteiger partial charge in [-0.25, -0.2) is 9.97 Å². The molecule has 0 radical (unpaired) electrons. The number of aromatic nitrogens is 2. The molecular weight excluding hydrogens is 282 g/mol. The number of nitrogens with zero attached hydrogens (tertiary/aromatic N) is 2. The van der Waals surface area contributed by atoms with Crippen LogP contribution in [0.15, 0.2) is 12.4 Å². The zero-order valence-electron chi connectivity index (χ0n) is 11.1. The van der Waals surface area contributed by atoms with Crippen molar-refractivity contribution < 1.29 is 14.7 Å². The van der Waals surface area contributed by atoms with Crippen molar-refractivity contribution in [1.29, 1.82) is 0 Å². The van der Waals surface area contributed by atoms with E-state index in [0.717, 1.165) is 12.8 Å². The molecule has 1 aromatic rings. The molecule has 0 bridgehead atoms. The molecule has 1 aromatic heterocycles. The van der Waals surface area contributed by atoms with Crippen molar-refractivity contribution in [3.63, 3.8) is 0 Å². The van der Waals surface area contributed by atoms with Gasteiger partial charge in [0.1, 0.15) is 10.8 Å². The van der Waals surface area contributed by atoms with E-state index >= 15 is 0 Å². The number of hydrogen-bond donors (Lipinski definition) is 2. The van der Waals surface area contributed by atoms with Crippen molar-refractivity contribution in [2.24, 2.45) is 5.41 Å². The maximum atomic E-state index is 12.1. The second kappa shape index (κ2) is 5.75. The van der Waals surface area contributed by atoms with Crippen LogP contribution in [-0.2, 0) is 4.79 Å². The number of nitrogens with one attached hydrogen (secondary N) is 1. The molecule has 0 aromatic carbocycles. The minimum atomic E-state index is -0.937. The molecule has 1 amide bonds. The van der Waals surface area contributed by atoms with Crippen LogP contribution in [0.25, 0.3) is 0 Å². The Kier molecular flexibility index (Phi) is 4.23. The van der Waals surface area contributed by atoms with Crippen LogP contribution in [0.4, 0.5) is 0 Å². The van der Waals surface area contributed by atoms with Crippen LogP contribution < -0.4 is 5.32 Å². The fraction of sp³-hybridized carbons (Fsp3) is 0.538. The van der Waals surface area contributed by atoms with Crippen molar-refractivity contribution in [3.8, 4) is 0 Å². The Balaban J connectivity index is 2.13. The van der Waals surface area contributed by atoms with Gasteiger partial charge in [-0.2, -0.15) is 0 Å². The highest BCUT2D eigenvalue weighted by Gasteiger charge is 2.44. The van der Waals surface area contributed by atoms with Gasteiger partial charge in [-0.05, 0) is 19.8 Å². The Labute approximate surface area is 121 Å². The average Bonchev–Trinajstić information content (AvgIpc) is 2.42. The van der Waals surface area contributed by atoms with E-state index in [-0.39, 0.29) is 10.8 Å². The standard InChI is InChI=1S/C13H16ClN3O3/c1-13(12(19)20)5-3-2-4-9(13)17-11(18)8-6-16-10(14)7-15-8/h6-7,9H,2-5H2,1H3,(H,17,18)(H,19,20). The van der Waals surface area contributed by atoms with E-state index in [4.69, 9.17) is 11.6 Å². The lowest BCUT2D eigenvalue weighted by molar-refractivity contribution is -0.151. The van der Waals surface area contributed by atoms with Gasteiger partial charge >= 0.3 is 5.97 Å². The zero-order valence-corrected chi connectivity index (χ0v) is 11.9. The summed E-state index contributed by atoms with van der Waals surface area (Å²) in [6.07, 6.45) is 5.53. The second-order valence-electron chi connectivity index (χ2n) is 5.22. The second-order valence-corrected chi connectivity index (χ2v) is 5.61. The summed E-state index contributed by atoms with van der Waals surface area (Å²) in [7, 11) is 0. The highest BCUT2D eigenvalue weighted by Crippen LogP contribution is 2.36. The molecule has 2 unspecified atom stereocenters. The molecule has 0 saturated heterocycles. The van der Waals surface area contributed by atoms with Crippen LogP contribution in [0.3, 0.4) is 0 Å². The van der Waals surface area contributed by atoms with Crippen molar-refractivity contribution in [3.05, 3.63) is 23.2 Å². The summed E-state index contributed by atoms with van der Waals surface area (Å²) < 4.78 is 0. The molecule has 2 atom stereocenters. The van der Waals surface area contributed by atoms with Crippen molar-refractivity contribution >= 4 is 23.5 Å². The van der Waals surface area contributed by atoms with Gasteiger partial charge in [-0.3, -0.25) is 9.59 Å². The Morgan fingerprint density at radius 1 is 1.40 bits per heavy atom. The molecule has 1 saturated carbocycles. The fourth-order valence-corrected chi connectivity index (χ4v) is 2.58. The van der Waals surface area contributed by atoms with Crippen LogP contribution in [0.2, 0.25) is 5.15 Å². The van der Waals surface area contributed by atoms with Crippen LogP contribution in [0, 0.1) is 5.41 Å². The quantitative estimate of drug-likeness (QED) is 0.889. The number of aliphatic carboxylic acids is 1. The molecular formula is C13H16ClN3O3. The Morgan fingerprint density at radius 3 is 2.75 bits per heavy atom. The van der Waals surface area contributed by atoms with E-state index < -0.39 is 23.3 Å². The lowest BCUT2D eigenvalue weighted by Crippen LogP contribution is -2.52. The monoisotopic (exact) mass is 297 g/mol. The number of halogens is 1. The molecule has 1 aliphatic rings. The third kappa shape index (κ3) is 2.90. The first kappa shape index (κ1) is 14.7. The van der Waals surface area contributed by atoms with Gasteiger partial charge in [0.05, 0.1) is 17.8 Å². The predicted octanol–water partition coefficient (Wildman–Crippen LogP) is 1.89. The highest BCUT2D eigenvalue weighted by molar-refractivity contribution is 6.29. The third-order valence-electron chi connectivity index (χ3n) is 3.85. The minimum Gasteiger partial charge on any atom is -0.481 e. The van der Waals surface area contributed by atoms with Gasteiger partial charge in [-0.1, -0.05) is 24.4 Å². The van der Waals surface area contributed by atoms with Crippen LogP contribution in [0.5, 0.6) is 0 Å². The number of amides is 1. The summed E-state index contributed by atoms with van der Waals surface area (Å²) in [4.78, 5) is 31.2. The first-order chi connectivity index (χ1) is 9.43. The van der Waals surface area contributed by atoms with Gasteiger partial charge in [0, 0.05) is 6.04 Å². The van der Waals surface area contributed by atoms with E-state index in [9.17, 15) is 14.7 Å². The van der Waals surface area contributed by atoms with Crippen molar-refractivity contribution in [1.82, 2.24) is 15.3 Å². The largest absolute Gasteiger partial charge is 0.481 e. The lowest BCUT2D eigenvalue weighted by Gasteiger charge is -2.38. The number of carboxylic acids is 1. The summed E-state index contributed by atoms with van der Waals surface area (Å²) in [6.45, 7) is 1.67. The lowest BCUT2D eigenvalue weighted by atomic mass is 9.71. The highest BCUT2D eigenvalue weighted by atomic mass is 35.5. The van der Waals surface area contributed by atoms with Gasteiger partial charge in [0.15, 0.2) is 0 Å². The number of carbonyl (C=O) groups is 2. The minimum absolute atomic E-state index is 0.132. The number of carbonyl (C=O) groups excluding carboxylic acids is 1. The summed E-state index contributed by atoms with van der Waals surface area (Å²) in [6, 6.07) is -0.404. The van der Waals surface area contributed by atoms with Crippen molar-refractivity contribution in [2.75, 3.05) is 0 Å². The van der Waals surface area contributed by atoms with Crippen molar-refractivity contribution in [2.45, 2.75) is 38.6 Å². The maximum absolute atomic E-state index is 12.1. The molecule has 1 aliphatic carbocycles. The van der Waals surface area contributed by atoms with E-state index in [1.807, 2.05) is 0 Å².